The zero-order chi connectivity index (χ0) is 22.6. The number of urea groups is 1. The van der Waals surface area contributed by atoms with Gasteiger partial charge in [0.15, 0.2) is 0 Å². The van der Waals surface area contributed by atoms with E-state index in [-0.39, 0.29) is 18.5 Å². The lowest BCUT2D eigenvalue weighted by atomic mass is 9.97. The Balaban J connectivity index is 1.50. The van der Waals surface area contributed by atoms with Crippen molar-refractivity contribution in [3.8, 4) is 0 Å². The summed E-state index contributed by atoms with van der Waals surface area (Å²) in [6, 6.07) is 8.60. The molecule has 0 saturated carbocycles. The van der Waals surface area contributed by atoms with Crippen LogP contribution in [0.5, 0.6) is 0 Å². The number of carbonyl (C=O) groups excluding carboxylic acids is 1. The topological polar surface area (TPSA) is 78.5 Å². The van der Waals surface area contributed by atoms with Crippen LogP contribution < -0.4 is 10.0 Å². The van der Waals surface area contributed by atoms with Crippen molar-refractivity contribution in [2.45, 2.75) is 23.9 Å². The Morgan fingerprint density at radius 2 is 1.71 bits per heavy atom. The number of rotatable bonds is 5. The lowest BCUT2D eigenvalue weighted by molar-refractivity contribution is -0.137. The van der Waals surface area contributed by atoms with Gasteiger partial charge in [-0.1, -0.05) is 6.07 Å². The van der Waals surface area contributed by atoms with Crippen molar-refractivity contribution >= 4 is 21.7 Å². The van der Waals surface area contributed by atoms with Crippen LogP contribution in [0.25, 0.3) is 0 Å². The Bertz CT molecular complexity index is 1020. The number of halogens is 4. The van der Waals surface area contributed by atoms with Gasteiger partial charge in [0.2, 0.25) is 10.0 Å². The van der Waals surface area contributed by atoms with E-state index in [4.69, 9.17) is 0 Å². The number of benzene rings is 2. The first-order chi connectivity index (χ1) is 14.5. The van der Waals surface area contributed by atoms with E-state index in [1.54, 1.807) is 4.90 Å². The monoisotopic (exact) mass is 459 g/mol. The van der Waals surface area contributed by atoms with E-state index in [0.29, 0.717) is 37.7 Å². The number of hydrogen-bond acceptors (Lipinski definition) is 3. The molecule has 0 bridgehead atoms. The summed E-state index contributed by atoms with van der Waals surface area (Å²) in [6.07, 6.45) is -3.57. The molecule has 0 spiro atoms. The first kappa shape index (κ1) is 23.0. The highest BCUT2D eigenvalue weighted by Gasteiger charge is 2.32. The maximum atomic E-state index is 12.9. The highest BCUT2D eigenvalue weighted by molar-refractivity contribution is 7.89. The third kappa shape index (κ3) is 6.17. The van der Waals surface area contributed by atoms with Gasteiger partial charge in [-0.15, -0.1) is 0 Å². The minimum Gasteiger partial charge on any atom is -0.325 e. The third-order valence-electron chi connectivity index (χ3n) is 5.03. The molecule has 1 heterocycles. The van der Waals surface area contributed by atoms with Gasteiger partial charge in [0.1, 0.15) is 5.82 Å². The molecule has 1 fully saturated rings. The number of hydrogen-bond donors (Lipinski definition) is 2. The Morgan fingerprint density at radius 3 is 2.32 bits per heavy atom. The highest BCUT2D eigenvalue weighted by atomic mass is 32.2. The molecule has 3 rings (SSSR count). The lowest BCUT2D eigenvalue weighted by Gasteiger charge is -2.32. The number of carbonyl (C=O) groups is 1. The normalized spacial score (nSPS) is 15.7. The van der Waals surface area contributed by atoms with E-state index in [1.807, 2.05) is 0 Å². The molecule has 2 aromatic rings. The summed E-state index contributed by atoms with van der Waals surface area (Å²) in [4.78, 5) is 13.4. The summed E-state index contributed by atoms with van der Waals surface area (Å²) in [5, 5.41) is 2.67. The van der Waals surface area contributed by atoms with Gasteiger partial charge in [0, 0.05) is 25.3 Å². The van der Waals surface area contributed by atoms with Crippen molar-refractivity contribution in [1.82, 2.24) is 9.62 Å². The zero-order valence-corrected chi connectivity index (χ0v) is 17.1. The largest absolute Gasteiger partial charge is 0.416 e. The Morgan fingerprint density at radius 1 is 1.06 bits per heavy atom. The molecule has 0 atom stereocenters. The van der Waals surface area contributed by atoms with Crippen molar-refractivity contribution in [1.29, 1.82) is 0 Å². The molecule has 0 aliphatic carbocycles. The van der Waals surface area contributed by atoms with E-state index < -0.39 is 32.5 Å². The Kier molecular flexibility index (Phi) is 6.85. The minimum atomic E-state index is -4.63. The summed E-state index contributed by atoms with van der Waals surface area (Å²) in [6.45, 7) is 0.845. The molecule has 11 heteroatoms. The van der Waals surface area contributed by atoms with Gasteiger partial charge in [-0.2, -0.15) is 13.2 Å². The molecule has 0 unspecified atom stereocenters. The van der Waals surface area contributed by atoms with Crippen LogP contribution in [0.15, 0.2) is 53.4 Å². The summed E-state index contributed by atoms with van der Waals surface area (Å²) >= 11 is 0. The number of likely N-dealkylation sites (tertiary alicyclic amines) is 1. The molecular weight excluding hydrogens is 438 g/mol. The number of alkyl halides is 3. The van der Waals surface area contributed by atoms with Crippen molar-refractivity contribution in [2.24, 2.45) is 5.92 Å². The van der Waals surface area contributed by atoms with Crippen LogP contribution in [0.3, 0.4) is 0 Å². The average molecular weight is 459 g/mol. The number of sulfonamides is 1. The molecule has 6 nitrogen and oxygen atoms in total. The predicted octanol–water partition coefficient (Wildman–Crippen LogP) is 4.07. The minimum absolute atomic E-state index is 0.0598. The first-order valence-corrected chi connectivity index (χ1v) is 11.0. The maximum absolute atomic E-state index is 12.9. The van der Waals surface area contributed by atoms with E-state index in [9.17, 15) is 30.8 Å². The Hall–Kier alpha value is -2.66. The smallest absolute Gasteiger partial charge is 0.325 e. The Labute approximate surface area is 177 Å². The summed E-state index contributed by atoms with van der Waals surface area (Å²) in [7, 11) is -4.09. The number of piperidine rings is 1. The fourth-order valence-electron chi connectivity index (χ4n) is 3.23. The van der Waals surface area contributed by atoms with E-state index in [2.05, 4.69) is 10.0 Å². The van der Waals surface area contributed by atoms with Gasteiger partial charge < -0.3 is 10.2 Å². The van der Waals surface area contributed by atoms with Crippen molar-refractivity contribution in [2.75, 3.05) is 25.0 Å². The number of anilines is 1. The molecule has 2 N–H and O–H groups in total. The van der Waals surface area contributed by atoms with Crippen LogP contribution in [-0.4, -0.2) is 39.0 Å². The molecule has 0 radical (unpaired) electrons. The summed E-state index contributed by atoms with van der Waals surface area (Å²) in [5.74, 6) is -0.471. The second-order valence-electron chi connectivity index (χ2n) is 7.24. The molecule has 2 aromatic carbocycles. The van der Waals surface area contributed by atoms with Crippen LogP contribution >= 0.6 is 0 Å². The fourth-order valence-corrected chi connectivity index (χ4v) is 4.39. The van der Waals surface area contributed by atoms with Crippen molar-refractivity contribution in [3.05, 3.63) is 59.9 Å². The average Bonchev–Trinajstić information content (AvgIpc) is 2.74. The second kappa shape index (κ2) is 9.23. The first-order valence-electron chi connectivity index (χ1n) is 9.53. The SMILES string of the molecule is O=C(Nc1ccc(F)cc1)N1CCC(CNS(=O)(=O)c2cccc(C(F)(F)F)c2)CC1. The third-order valence-corrected chi connectivity index (χ3v) is 6.45. The number of nitrogens with one attached hydrogen (secondary N) is 2. The summed E-state index contributed by atoms with van der Waals surface area (Å²) in [5.41, 5.74) is -0.571. The van der Waals surface area contributed by atoms with E-state index >= 15 is 0 Å². The predicted molar refractivity (Wildman–Crippen MR) is 106 cm³/mol. The standard InChI is InChI=1S/C20H21F4N3O3S/c21-16-4-6-17(7-5-16)26-19(28)27-10-8-14(9-11-27)13-25-31(29,30)18-3-1-2-15(12-18)20(22,23)24/h1-7,12,14,25H,8-11,13H2,(H,26,28). The quantitative estimate of drug-likeness (QED) is 0.662. The summed E-state index contributed by atoms with van der Waals surface area (Å²) < 4.78 is 78.5. The van der Waals surface area contributed by atoms with Crippen molar-refractivity contribution < 1.29 is 30.8 Å². The van der Waals surface area contributed by atoms with Gasteiger partial charge in [-0.05, 0) is 61.2 Å². The van der Waals surface area contributed by atoms with Crippen LogP contribution in [0, 0.1) is 11.7 Å². The maximum Gasteiger partial charge on any atom is 0.416 e. The van der Waals surface area contributed by atoms with E-state index in [1.165, 1.54) is 24.3 Å². The van der Waals surface area contributed by atoms with Gasteiger partial charge in [-0.25, -0.2) is 22.3 Å². The van der Waals surface area contributed by atoms with Crippen molar-refractivity contribution in [3.63, 3.8) is 0 Å². The number of nitrogens with zero attached hydrogens (tertiary/aromatic N) is 1. The second-order valence-corrected chi connectivity index (χ2v) is 9.01. The molecule has 31 heavy (non-hydrogen) atoms. The van der Waals surface area contributed by atoms with Gasteiger partial charge >= 0.3 is 12.2 Å². The van der Waals surface area contributed by atoms with Gasteiger partial charge in [0.25, 0.3) is 0 Å². The lowest BCUT2D eigenvalue weighted by Crippen LogP contribution is -2.43. The molecule has 168 valence electrons. The molecule has 0 aromatic heterocycles. The molecule has 2 amide bonds. The van der Waals surface area contributed by atoms with Crippen LogP contribution in [0.2, 0.25) is 0 Å². The molecule has 1 aliphatic heterocycles. The molecule has 1 saturated heterocycles. The molecular formula is C20H21F4N3O3S. The molecule has 1 aliphatic rings. The van der Waals surface area contributed by atoms with E-state index in [0.717, 1.165) is 18.2 Å². The fraction of sp³-hybridized carbons (Fsp3) is 0.350. The van der Waals surface area contributed by atoms with Crippen LogP contribution in [0.1, 0.15) is 18.4 Å². The van der Waals surface area contributed by atoms with Gasteiger partial charge in [0.05, 0.1) is 10.5 Å². The zero-order valence-electron chi connectivity index (χ0n) is 16.3. The van der Waals surface area contributed by atoms with Gasteiger partial charge in [-0.3, -0.25) is 0 Å². The van der Waals surface area contributed by atoms with Crippen LogP contribution in [0.4, 0.5) is 28.0 Å². The van der Waals surface area contributed by atoms with Crippen LogP contribution in [-0.2, 0) is 16.2 Å². The number of amides is 2. The highest BCUT2D eigenvalue weighted by Crippen LogP contribution is 2.30.